The maximum absolute atomic E-state index is 14.1. The average Bonchev–Trinajstić information content (AvgIpc) is 3.99. The van der Waals surface area contributed by atoms with Crippen LogP contribution in [0, 0.1) is 11.3 Å². The van der Waals surface area contributed by atoms with E-state index in [1.54, 1.807) is 38.1 Å². The van der Waals surface area contributed by atoms with Crippen LogP contribution in [-0.4, -0.2) is 82.2 Å². The number of hydrogen-bond donors (Lipinski definition) is 4. The number of ether oxygens (including phenoxy) is 4. The van der Waals surface area contributed by atoms with Crippen molar-refractivity contribution in [3.05, 3.63) is 94.3 Å². The van der Waals surface area contributed by atoms with Crippen LogP contribution in [0.2, 0.25) is 0 Å². The van der Waals surface area contributed by atoms with E-state index in [0.29, 0.717) is 34.7 Å². The number of carboxylic acid groups (broad SMARTS) is 1. The molecule has 296 valence electrons. The van der Waals surface area contributed by atoms with E-state index < -0.39 is 54.8 Å². The molecule has 0 spiro atoms. The second kappa shape index (κ2) is 19.9. The van der Waals surface area contributed by atoms with Crippen LogP contribution in [0.1, 0.15) is 106 Å². The number of carboxylic acids is 1. The Morgan fingerprint density at radius 3 is 2.32 bits per heavy atom. The van der Waals surface area contributed by atoms with E-state index >= 15 is 0 Å². The second-order valence-corrected chi connectivity index (χ2v) is 13.4. The molecular weight excluding hydrogens is 726 g/mol. The summed E-state index contributed by atoms with van der Waals surface area (Å²) >= 11 is 0. The molecule has 15 nitrogen and oxygen atoms in total. The smallest absolute Gasteiger partial charge is 0.481 e. The van der Waals surface area contributed by atoms with Crippen molar-refractivity contribution in [2.75, 3.05) is 13.2 Å². The fourth-order valence-corrected chi connectivity index (χ4v) is 5.45. The molecule has 1 aliphatic carbocycles. The molecular formula is C41H45N3O12. The van der Waals surface area contributed by atoms with Gasteiger partial charge in [0, 0.05) is 43.1 Å². The Hall–Kier alpha value is -6.22. The van der Waals surface area contributed by atoms with Gasteiger partial charge in [0.15, 0.2) is 11.5 Å². The van der Waals surface area contributed by atoms with Gasteiger partial charge in [-0.25, -0.2) is 14.6 Å². The van der Waals surface area contributed by atoms with E-state index in [-0.39, 0.29) is 66.1 Å². The summed E-state index contributed by atoms with van der Waals surface area (Å²) in [6.07, 6.45) is 0.0183. The Bertz CT molecular complexity index is 1990. The molecule has 0 aliphatic heterocycles. The van der Waals surface area contributed by atoms with Crippen LogP contribution in [0.3, 0.4) is 0 Å². The Morgan fingerprint density at radius 2 is 1.70 bits per heavy atom. The molecule has 1 aromatic heterocycles. The van der Waals surface area contributed by atoms with Crippen molar-refractivity contribution in [3.63, 3.8) is 0 Å². The number of esters is 2. The van der Waals surface area contributed by atoms with Gasteiger partial charge in [0.05, 0.1) is 25.7 Å². The SMILES string of the molecule is C=Cc1cc(C(=O)Cc2ccc(C(=N)CC(=O)OCCCC(=O)O)cc2)c(-c2ccc(C(=O)NCC3CC3)nc2C(=O)OC(C)OC(=O)OC(C)C)cc1CO. The fraction of sp³-hybridized carbons (Fsp3) is 0.366. The van der Waals surface area contributed by atoms with Crippen LogP contribution < -0.4 is 5.32 Å². The molecule has 1 unspecified atom stereocenters. The maximum Gasteiger partial charge on any atom is 0.511 e. The third kappa shape index (κ3) is 12.4. The number of aromatic nitrogens is 1. The van der Waals surface area contributed by atoms with Gasteiger partial charge in [-0.1, -0.05) is 36.9 Å². The monoisotopic (exact) mass is 771 g/mol. The number of rotatable bonds is 20. The van der Waals surface area contributed by atoms with Gasteiger partial charge in [-0.05, 0) is 91.1 Å². The number of pyridine rings is 1. The van der Waals surface area contributed by atoms with Crippen LogP contribution >= 0.6 is 0 Å². The molecule has 2 aromatic carbocycles. The predicted octanol–water partition coefficient (Wildman–Crippen LogP) is 5.68. The molecule has 56 heavy (non-hydrogen) atoms. The zero-order valence-corrected chi connectivity index (χ0v) is 31.4. The molecule has 3 aromatic rings. The number of aliphatic carboxylic acids is 1. The van der Waals surface area contributed by atoms with Crippen molar-refractivity contribution >= 4 is 47.5 Å². The summed E-state index contributed by atoms with van der Waals surface area (Å²) in [4.78, 5) is 80.1. The zero-order valence-electron chi connectivity index (χ0n) is 31.4. The third-order valence-corrected chi connectivity index (χ3v) is 8.48. The molecule has 1 amide bonds. The first kappa shape index (κ1) is 42.5. The van der Waals surface area contributed by atoms with Crippen LogP contribution in [0.15, 0.2) is 55.1 Å². The minimum Gasteiger partial charge on any atom is -0.481 e. The highest BCUT2D eigenvalue weighted by molar-refractivity contribution is 6.09. The summed E-state index contributed by atoms with van der Waals surface area (Å²) in [5, 5.41) is 30.1. The number of amides is 1. The minimum atomic E-state index is -1.42. The molecule has 1 heterocycles. The van der Waals surface area contributed by atoms with Gasteiger partial charge in [-0.15, -0.1) is 0 Å². The number of carbonyl (C=O) groups is 6. The van der Waals surface area contributed by atoms with Gasteiger partial charge in [-0.2, -0.15) is 0 Å². The van der Waals surface area contributed by atoms with E-state index in [0.717, 1.165) is 12.8 Å². The number of carbonyl (C=O) groups excluding carboxylic acids is 5. The zero-order chi connectivity index (χ0) is 40.9. The van der Waals surface area contributed by atoms with Crippen molar-refractivity contribution < 1.29 is 57.9 Å². The third-order valence-electron chi connectivity index (χ3n) is 8.48. The lowest BCUT2D eigenvalue weighted by Gasteiger charge is -2.18. The second-order valence-electron chi connectivity index (χ2n) is 13.4. The number of aliphatic hydroxyl groups excluding tert-OH is 1. The Kier molecular flexibility index (Phi) is 15.1. The summed E-state index contributed by atoms with van der Waals surface area (Å²) in [5.74, 6) is -3.30. The van der Waals surface area contributed by atoms with Crippen molar-refractivity contribution in [2.45, 2.75) is 78.3 Å². The minimum absolute atomic E-state index is 0.0308. The van der Waals surface area contributed by atoms with E-state index in [2.05, 4.69) is 16.9 Å². The number of benzene rings is 2. The summed E-state index contributed by atoms with van der Waals surface area (Å²) in [5.41, 5.74) is 1.75. The molecule has 0 saturated heterocycles. The first-order valence-corrected chi connectivity index (χ1v) is 18.0. The predicted molar refractivity (Wildman–Crippen MR) is 202 cm³/mol. The van der Waals surface area contributed by atoms with Crippen molar-refractivity contribution in [1.29, 1.82) is 5.41 Å². The lowest BCUT2D eigenvalue weighted by atomic mass is 9.89. The van der Waals surface area contributed by atoms with Crippen LogP contribution in [0.25, 0.3) is 17.2 Å². The highest BCUT2D eigenvalue weighted by Gasteiger charge is 2.28. The number of nitrogens with zero attached hydrogens (tertiary/aromatic N) is 1. The van der Waals surface area contributed by atoms with Crippen LogP contribution in [0.4, 0.5) is 4.79 Å². The Labute approximate surface area is 323 Å². The highest BCUT2D eigenvalue weighted by Crippen LogP contribution is 2.33. The molecule has 4 N–H and O–H groups in total. The summed E-state index contributed by atoms with van der Waals surface area (Å²) in [6, 6.07) is 12.3. The van der Waals surface area contributed by atoms with E-state index in [4.69, 9.17) is 29.5 Å². The molecule has 0 bridgehead atoms. The Morgan fingerprint density at radius 1 is 0.982 bits per heavy atom. The Balaban J connectivity index is 1.64. The van der Waals surface area contributed by atoms with Gasteiger partial charge in [-0.3, -0.25) is 19.2 Å². The maximum atomic E-state index is 14.1. The lowest BCUT2D eigenvalue weighted by Crippen LogP contribution is -2.28. The molecule has 4 rings (SSSR count). The number of ketones is 1. The van der Waals surface area contributed by atoms with E-state index in [1.807, 2.05) is 0 Å². The van der Waals surface area contributed by atoms with Gasteiger partial charge in [0.25, 0.3) is 5.91 Å². The first-order valence-electron chi connectivity index (χ1n) is 18.0. The van der Waals surface area contributed by atoms with Gasteiger partial charge < -0.3 is 39.9 Å². The lowest BCUT2D eigenvalue weighted by molar-refractivity contribution is -0.144. The molecule has 1 saturated carbocycles. The first-order chi connectivity index (χ1) is 26.7. The van der Waals surface area contributed by atoms with Crippen molar-refractivity contribution in [3.8, 4) is 11.1 Å². The number of Topliss-reactive ketones (excluding diaryl/α,β-unsaturated/α-hetero) is 1. The molecule has 1 aliphatic rings. The molecule has 1 atom stereocenters. The number of aliphatic hydroxyl groups is 1. The normalized spacial score (nSPS) is 12.6. The summed E-state index contributed by atoms with van der Waals surface area (Å²) < 4.78 is 20.4. The van der Waals surface area contributed by atoms with Crippen molar-refractivity contribution in [2.24, 2.45) is 5.92 Å². The molecule has 15 heteroatoms. The number of nitrogens with one attached hydrogen (secondary N) is 2. The topological polar surface area (TPSA) is 229 Å². The van der Waals surface area contributed by atoms with Gasteiger partial charge in [0.1, 0.15) is 5.69 Å². The molecule has 1 fully saturated rings. The quantitative estimate of drug-likeness (QED) is 0.0271. The fourth-order valence-electron chi connectivity index (χ4n) is 5.45. The molecule has 0 radical (unpaired) electrons. The highest BCUT2D eigenvalue weighted by atomic mass is 16.8. The number of hydrogen-bond acceptors (Lipinski definition) is 13. The van der Waals surface area contributed by atoms with Gasteiger partial charge >= 0.3 is 24.1 Å². The standard InChI is InChI=1S/C41H45N3O12/c1-5-27-18-32(35(46)17-25-10-12-28(13-11-25)33(42)20-37(49)53-16-6-7-36(47)48)31(19-29(27)22-45)30-14-15-34(39(50)43-21-26-8-9-26)44-38(30)40(51)55-24(4)56-41(52)54-23(2)3/h5,10-15,18-19,23-24,26,42,45H,1,6-9,16-17,20-22H2,2-4H3,(H,43,50)(H,47,48). The van der Waals surface area contributed by atoms with Crippen LogP contribution in [-0.2, 0) is 41.6 Å². The van der Waals surface area contributed by atoms with E-state index in [1.165, 1.54) is 37.3 Å². The average molecular weight is 772 g/mol. The van der Waals surface area contributed by atoms with E-state index in [9.17, 15) is 33.9 Å². The largest absolute Gasteiger partial charge is 0.511 e. The van der Waals surface area contributed by atoms with Gasteiger partial charge in [0.2, 0.25) is 6.29 Å². The van der Waals surface area contributed by atoms with Crippen molar-refractivity contribution in [1.82, 2.24) is 10.3 Å². The van der Waals surface area contributed by atoms with Crippen LogP contribution in [0.5, 0.6) is 0 Å². The summed E-state index contributed by atoms with van der Waals surface area (Å²) in [6.45, 7) is 8.26. The summed E-state index contributed by atoms with van der Waals surface area (Å²) in [7, 11) is 0.